The van der Waals surface area contributed by atoms with Gasteiger partial charge in [-0.25, -0.2) is 0 Å². The van der Waals surface area contributed by atoms with Crippen LogP contribution in [0.5, 0.6) is 0 Å². The van der Waals surface area contributed by atoms with E-state index in [2.05, 4.69) is 5.32 Å². The van der Waals surface area contributed by atoms with Gasteiger partial charge in [-0.05, 0) is 31.4 Å². The number of anilines is 1. The number of nitrogens with zero attached hydrogens (tertiary/aromatic N) is 1. The van der Waals surface area contributed by atoms with Crippen molar-refractivity contribution in [1.29, 1.82) is 0 Å². The second kappa shape index (κ2) is 4.63. The van der Waals surface area contributed by atoms with Crippen molar-refractivity contribution >= 4 is 23.4 Å². The van der Waals surface area contributed by atoms with Gasteiger partial charge in [0.05, 0.1) is 11.1 Å². The molecule has 1 atom stereocenters. The van der Waals surface area contributed by atoms with Crippen LogP contribution in [0.4, 0.5) is 5.69 Å². The Morgan fingerprint density at radius 1 is 1.15 bits per heavy atom. The Bertz CT molecular complexity index is 612. The van der Waals surface area contributed by atoms with Crippen LogP contribution in [-0.4, -0.2) is 35.2 Å². The Kier molecular flexibility index (Phi) is 2.93. The van der Waals surface area contributed by atoms with Crippen molar-refractivity contribution in [3.05, 3.63) is 29.3 Å². The van der Waals surface area contributed by atoms with Crippen molar-refractivity contribution in [2.24, 2.45) is 0 Å². The summed E-state index contributed by atoms with van der Waals surface area (Å²) in [6, 6.07) is 4.06. The third kappa shape index (κ3) is 1.76. The fraction of sp³-hybridized carbons (Fsp3) is 0.357. The number of nitrogens with two attached hydrogens (primary N) is 1. The van der Waals surface area contributed by atoms with Crippen molar-refractivity contribution in [2.45, 2.75) is 25.3 Å². The highest BCUT2D eigenvalue weighted by atomic mass is 16.2. The molecule has 1 aromatic rings. The highest BCUT2D eigenvalue weighted by Crippen LogP contribution is 2.30. The van der Waals surface area contributed by atoms with E-state index in [0.29, 0.717) is 13.0 Å². The van der Waals surface area contributed by atoms with Gasteiger partial charge >= 0.3 is 0 Å². The van der Waals surface area contributed by atoms with Crippen LogP contribution in [-0.2, 0) is 4.79 Å². The first-order valence-electron chi connectivity index (χ1n) is 6.65. The van der Waals surface area contributed by atoms with Gasteiger partial charge in [0.1, 0.15) is 6.04 Å². The van der Waals surface area contributed by atoms with Gasteiger partial charge in [0.25, 0.3) is 11.8 Å². The summed E-state index contributed by atoms with van der Waals surface area (Å²) < 4.78 is 0. The number of nitrogens with one attached hydrogen (secondary N) is 1. The standard InChI is InChI=1S/C14H15N3O3/c15-9-5-3-4-8-11(9)14(20)17(13(8)19)10-6-1-2-7-16-12(10)18/h3-5,10H,1-2,6-7,15H2,(H,16,18). The fourth-order valence-electron chi connectivity index (χ4n) is 2.78. The van der Waals surface area contributed by atoms with Gasteiger partial charge in [0.15, 0.2) is 0 Å². The van der Waals surface area contributed by atoms with Crippen molar-refractivity contribution in [2.75, 3.05) is 12.3 Å². The zero-order valence-electron chi connectivity index (χ0n) is 10.9. The molecule has 0 bridgehead atoms. The van der Waals surface area contributed by atoms with Gasteiger partial charge < -0.3 is 11.1 Å². The first-order valence-corrected chi connectivity index (χ1v) is 6.65. The van der Waals surface area contributed by atoms with E-state index in [9.17, 15) is 14.4 Å². The van der Waals surface area contributed by atoms with E-state index in [-0.39, 0.29) is 22.7 Å². The quantitative estimate of drug-likeness (QED) is 0.576. The Labute approximate surface area is 115 Å². The zero-order chi connectivity index (χ0) is 14.3. The molecule has 0 saturated carbocycles. The second-order valence-electron chi connectivity index (χ2n) is 5.05. The summed E-state index contributed by atoms with van der Waals surface area (Å²) in [7, 11) is 0. The largest absolute Gasteiger partial charge is 0.398 e. The van der Waals surface area contributed by atoms with E-state index in [1.165, 1.54) is 0 Å². The Morgan fingerprint density at radius 2 is 1.95 bits per heavy atom. The Morgan fingerprint density at radius 3 is 2.70 bits per heavy atom. The molecule has 104 valence electrons. The highest BCUT2D eigenvalue weighted by molar-refractivity contribution is 6.24. The molecule has 1 aromatic carbocycles. The van der Waals surface area contributed by atoms with Gasteiger partial charge in [-0.3, -0.25) is 19.3 Å². The molecule has 1 unspecified atom stereocenters. The van der Waals surface area contributed by atoms with Crippen LogP contribution in [0.25, 0.3) is 0 Å². The smallest absolute Gasteiger partial charge is 0.264 e. The topological polar surface area (TPSA) is 92.5 Å². The van der Waals surface area contributed by atoms with Crippen molar-refractivity contribution in [3.63, 3.8) is 0 Å². The molecule has 3 amide bonds. The first-order chi connectivity index (χ1) is 9.61. The zero-order valence-corrected chi connectivity index (χ0v) is 10.9. The molecule has 2 aliphatic heterocycles. The SMILES string of the molecule is Nc1cccc2c1C(=O)N(C1CCCCNC1=O)C2=O. The third-order valence-corrected chi connectivity index (χ3v) is 3.80. The number of amides is 3. The molecule has 0 aliphatic carbocycles. The summed E-state index contributed by atoms with van der Waals surface area (Å²) in [5.74, 6) is -1.17. The summed E-state index contributed by atoms with van der Waals surface area (Å²) in [6.07, 6.45) is 2.15. The molecular weight excluding hydrogens is 258 g/mol. The van der Waals surface area contributed by atoms with E-state index in [0.717, 1.165) is 17.7 Å². The summed E-state index contributed by atoms with van der Waals surface area (Å²) in [4.78, 5) is 37.9. The third-order valence-electron chi connectivity index (χ3n) is 3.80. The van der Waals surface area contributed by atoms with E-state index in [4.69, 9.17) is 5.73 Å². The Hall–Kier alpha value is -2.37. The normalized spacial score (nSPS) is 22.5. The molecule has 0 aromatic heterocycles. The number of benzene rings is 1. The maximum Gasteiger partial charge on any atom is 0.264 e. The lowest BCUT2D eigenvalue weighted by molar-refractivity contribution is -0.124. The minimum absolute atomic E-state index is 0.217. The molecule has 1 saturated heterocycles. The van der Waals surface area contributed by atoms with E-state index < -0.39 is 17.9 Å². The van der Waals surface area contributed by atoms with Gasteiger partial charge in [-0.1, -0.05) is 6.07 Å². The van der Waals surface area contributed by atoms with E-state index in [1.807, 2.05) is 0 Å². The molecule has 2 aliphatic rings. The average molecular weight is 273 g/mol. The summed E-state index contributed by atoms with van der Waals surface area (Å²) >= 11 is 0. The molecule has 2 heterocycles. The maximum atomic E-state index is 12.4. The van der Waals surface area contributed by atoms with Crippen LogP contribution in [0.15, 0.2) is 18.2 Å². The Balaban J connectivity index is 2.01. The number of rotatable bonds is 1. The van der Waals surface area contributed by atoms with Crippen LogP contribution in [0.3, 0.4) is 0 Å². The lowest BCUT2D eigenvalue weighted by atomic mass is 10.1. The maximum absolute atomic E-state index is 12.4. The predicted octanol–water partition coefficient (Wildman–Crippen LogP) is 0.533. The van der Waals surface area contributed by atoms with Crippen molar-refractivity contribution in [3.8, 4) is 0 Å². The summed E-state index contributed by atoms with van der Waals surface area (Å²) in [6.45, 7) is 0.584. The number of imide groups is 1. The molecule has 0 spiro atoms. The molecule has 1 fully saturated rings. The van der Waals surface area contributed by atoms with Crippen LogP contribution >= 0.6 is 0 Å². The van der Waals surface area contributed by atoms with Crippen LogP contribution in [0, 0.1) is 0 Å². The number of carbonyl (C=O) groups is 3. The first kappa shape index (κ1) is 12.7. The molecule has 6 nitrogen and oxygen atoms in total. The van der Waals surface area contributed by atoms with E-state index >= 15 is 0 Å². The second-order valence-corrected chi connectivity index (χ2v) is 5.05. The number of hydrogen-bond donors (Lipinski definition) is 2. The minimum atomic E-state index is -0.732. The molecule has 3 rings (SSSR count). The fourth-order valence-corrected chi connectivity index (χ4v) is 2.78. The van der Waals surface area contributed by atoms with Gasteiger partial charge in [0.2, 0.25) is 5.91 Å². The number of nitrogen functional groups attached to an aromatic ring is 1. The van der Waals surface area contributed by atoms with Crippen LogP contribution in [0.1, 0.15) is 40.0 Å². The number of fused-ring (bicyclic) bond motifs is 1. The molecule has 20 heavy (non-hydrogen) atoms. The highest BCUT2D eigenvalue weighted by Gasteiger charge is 2.43. The van der Waals surface area contributed by atoms with Crippen molar-refractivity contribution in [1.82, 2.24) is 10.2 Å². The number of hydrogen-bond acceptors (Lipinski definition) is 4. The molecular formula is C14H15N3O3. The summed E-state index contributed by atoms with van der Waals surface area (Å²) in [5, 5.41) is 2.74. The van der Waals surface area contributed by atoms with Crippen molar-refractivity contribution < 1.29 is 14.4 Å². The van der Waals surface area contributed by atoms with Crippen LogP contribution < -0.4 is 11.1 Å². The van der Waals surface area contributed by atoms with Gasteiger partial charge in [-0.15, -0.1) is 0 Å². The molecule has 6 heteroatoms. The van der Waals surface area contributed by atoms with Gasteiger partial charge in [-0.2, -0.15) is 0 Å². The summed E-state index contributed by atoms with van der Waals surface area (Å²) in [5.41, 5.74) is 6.56. The molecule has 3 N–H and O–H groups in total. The van der Waals surface area contributed by atoms with Crippen LogP contribution in [0.2, 0.25) is 0 Å². The average Bonchev–Trinajstić information content (AvgIpc) is 2.57. The minimum Gasteiger partial charge on any atom is -0.398 e. The van der Waals surface area contributed by atoms with E-state index in [1.54, 1.807) is 18.2 Å². The molecule has 0 radical (unpaired) electrons. The van der Waals surface area contributed by atoms with Gasteiger partial charge in [0, 0.05) is 12.2 Å². The monoisotopic (exact) mass is 273 g/mol. The lowest BCUT2D eigenvalue weighted by Crippen LogP contribution is -2.48. The predicted molar refractivity (Wildman–Crippen MR) is 72.0 cm³/mol. The number of carbonyl (C=O) groups excluding carboxylic acids is 3. The lowest BCUT2D eigenvalue weighted by Gasteiger charge is -2.23.